The van der Waals surface area contributed by atoms with E-state index in [1.54, 1.807) is 37.8 Å². The molecule has 2 N–H and O–H groups in total. The minimum absolute atomic E-state index is 0.00613. The van der Waals surface area contributed by atoms with Gasteiger partial charge in [0.05, 0.1) is 4.90 Å². The van der Waals surface area contributed by atoms with Crippen molar-refractivity contribution in [1.29, 1.82) is 0 Å². The molecule has 1 aliphatic rings. The number of likely N-dealkylation sites (tertiary alicyclic amines) is 1. The molecule has 1 aliphatic heterocycles. The zero-order chi connectivity index (χ0) is 20.6. The largest absolute Gasteiger partial charge is 0.338 e. The second-order valence-electron chi connectivity index (χ2n) is 7.65. The number of primary sulfonamides is 1. The molecule has 28 heavy (non-hydrogen) atoms. The molecular weight excluding hydrogens is 379 g/mol. The van der Waals surface area contributed by atoms with Crippen LogP contribution in [0.2, 0.25) is 0 Å². The Hall–Kier alpha value is -2.25. The van der Waals surface area contributed by atoms with Crippen molar-refractivity contribution in [3.8, 4) is 0 Å². The smallest absolute Gasteiger partial charge is 0.253 e. The fourth-order valence-corrected chi connectivity index (χ4v) is 4.66. The summed E-state index contributed by atoms with van der Waals surface area (Å²) >= 11 is 0. The molecule has 1 unspecified atom stereocenters. The first-order valence-corrected chi connectivity index (χ1v) is 10.8. The van der Waals surface area contributed by atoms with Gasteiger partial charge in [0.15, 0.2) is 0 Å². The van der Waals surface area contributed by atoms with E-state index in [0.717, 1.165) is 18.4 Å². The highest BCUT2D eigenvalue weighted by Crippen LogP contribution is 2.26. The summed E-state index contributed by atoms with van der Waals surface area (Å²) in [5, 5.41) is 5.30. The Kier molecular flexibility index (Phi) is 5.59. The molecule has 7 heteroatoms. The summed E-state index contributed by atoms with van der Waals surface area (Å²) in [6.45, 7) is 6.39. The van der Waals surface area contributed by atoms with Crippen LogP contribution in [0.5, 0.6) is 0 Å². The van der Waals surface area contributed by atoms with Gasteiger partial charge in [-0.05, 0) is 80.0 Å². The van der Waals surface area contributed by atoms with Crippen LogP contribution in [-0.4, -0.2) is 32.3 Å². The third kappa shape index (κ3) is 4.25. The number of carbonyl (C=O) groups is 1. The molecule has 3 rings (SSSR count). The van der Waals surface area contributed by atoms with Gasteiger partial charge in [-0.1, -0.05) is 12.1 Å². The van der Waals surface area contributed by atoms with Gasteiger partial charge in [0.25, 0.3) is 5.91 Å². The zero-order valence-electron chi connectivity index (χ0n) is 16.3. The maximum absolute atomic E-state index is 13.4. The van der Waals surface area contributed by atoms with Crippen molar-refractivity contribution in [2.45, 2.75) is 38.5 Å². The molecule has 1 fully saturated rings. The molecule has 2 aromatic rings. The van der Waals surface area contributed by atoms with Gasteiger partial charge in [-0.25, -0.2) is 17.9 Å². The predicted molar refractivity (Wildman–Crippen MR) is 106 cm³/mol. The number of nitrogens with zero attached hydrogens (tertiary/aromatic N) is 1. The second kappa shape index (κ2) is 7.64. The van der Waals surface area contributed by atoms with Crippen molar-refractivity contribution in [2.75, 3.05) is 13.1 Å². The van der Waals surface area contributed by atoms with Crippen LogP contribution >= 0.6 is 0 Å². The lowest BCUT2D eigenvalue weighted by Gasteiger charge is -2.18. The van der Waals surface area contributed by atoms with Crippen molar-refractivity contribution < 1.29 is 17.6 Å². The number of benzene rings is 2. The number of nitrogens with two attached hydrogens (primary N) is 1. The van der Waals surface area contributed by atoms with Crippen LogP contribution in [-0.2, 0) is 16.4 Å². The van der Waals surface area contributed by atoms with Crippen LogP contribution in [0.4, 0.5) is 4.39 Å². The Bertz CT molecular complexity index is 1030. The first kappa shape index (κ1) is 20.5. The van der Waals surface area contributed by atoms with Crippen LogP contribution in [0.3, 0.4) is 0 Å². The van der Waals surface area contributed by atoms with E-state index < -0.39 is 10.0 Å². The van der Waals surface area contributed by atoms with E-state index in [9.17, 15) is 17.6 Å². The Balaban J connectivity index is 1.76. The molecule has 5 nitrogen and oxygen atoms in total. The summed E-state index contributed by atoms with van der Waals surface area (Å²) in [7, 11) is -3.90. The first-order valence-electron chi connectivity index (χ1n) is 9.24. The molecule has 0 radical (unpaired) electrons. The van der Waals surface area contributed by atoms with Gasteiger partial charge in [-0.2, -0.15) is 0 Å². The van der Waals surface area contributed by atoms with Gasteiger partial charge < -0.3 is 4.90 Å². The fraction of sp³-hybridized carbons (Fsp3) is 0.381. The summed E-state index contributed by atoms with van der Waals surface area (Å²) < 4.78 is 37.1. The lowest BCUT2D eigenvalue weighted by atomic mass is 9.97. The molecule has 1 atom stereocenters. The summed E-state index contributed by atoms with van der Waals surface area (Å²) in [4.78, 5) is 14.7. The van der Waals surface area contributed by atoms with Crippen LogP contribution in [0.25, 0.3) is 0 Å². The number of aryl methyl sites for hydroxylation is 2. The van der Waals surface area contributed by atoms with Crippen molar-refractivity contribution in [1.82, 2.24) is 4.90 Å². The monoisotopic (exact) mass is 404 g/mol. The minimum Gasteiger partial charge on any atom is -0.338 e. The highest BCUT2D eigenvalue weighted by atomic mass is 32.2. The molecule has 150 valence electrons. The van der Waals surface area contributed by atoms with Gasteiger partial charge in [-0.15, -0.1) is 0 Å². The quantitative estimate of drug-likeness (QED) is 0.850. The third-order valence-electron chi connectivity index (χ3n) is 5.49. The fourth-order valence-electron chi connectivity index (χ4n) is 3.78. The summed E-state index contributed by atoms with van der Waals surface area (Å²) in [6.07, 6.45) is 1.63. The van der Waals surface area contributed by atoms with Crippen molar-refractivity contribution >= 4 is 15.9 Å². The standard InChI is InChI=1S/C21H25FN2O3S/c1-13-9-18(11-20(15(13)3)28(23,26)27)21(25)24-7-6-17(12-24)10-16-4-5-19(22)14(2)8-16/h4-5,8-9,11,17H,6-7,10,12H2,1-3H3,(H2,23,26,27). The molecule has 0 saturated carbocycles. The molecule has 1 heterocycles. The average Bonchev–Trinajstić information content (AvgIpc) is 3.07. The lowest BCUT2D eigenvalue weighted by molar-refractivity contribution is 0.0786. The van der Waals surface area contributed by atoms with Crippen molar-refractivity contribution in [2.24, 2.45) is 11.1 Å². The number of sulfonamides is 1. The minimum atomic E-state index is -3.90. The van der Waals surface area contributed by atoms with Gasteiger partial charge in [0.1, 0.15) is 5.82 Å². The van der Waals surface area contributed by atoms with E-state index in [2.05, 4.69) is 0 Å². The molecule has 2 aromatic carbocycles. The Morgan fingerprint density at radius 2 is 1.89 bits per heavy atom. The number of hydrogen-bond donors (Lipinski definition) is 1. The third-order valence-corrected chi connectivity index (χ3v) is 6.53. The van der Waals surface area contributed by atoms with Crippen LogP contribution in [0, 0.1) is 32.5 Å². The molecule has 0 aliphatic carbocycles. The molecule has 1 amide bonds. The number of halogens is 1. The highest BCUT2D eigenvalue weighted by molar-refractivity contribution is 7.89. The summed E-state index contributed by atoms with van der Waals surface area (Å²) in [5.74, 6) is -0.115. The molecule has 0 bridgehead atoms. The molecular formula is C21H25FN2O3S. The predicted octanol–water partition coefficient (Wildman–Crippen LogP) is 3.10. The van der Waals surface area contributed by atoms with E-state index in [1.165, 1.54) is 12.1 Å². The first-order chi connectivity index (χ1) is 13.1. The molecule has 0 aromatic heterocycles. The van der Waals surface area contributed by atoms with E-state index in [-0.39, 0.29) is 22.5 Å². The molecule has 0 spiro atoms. The van der Waals surface area contributed by atoms with Gasteiger partial charge in [0, 0.05) is 18.7 Å². The highest BCUT2D eigenvalue weighted by Gasteiger charge is 2.28. The topological polar surface area (TPSA) is 80.5 Å². The van der Waals surface area contributed by atoms with Crippen LogP contribution < -0.4 is 5.14 Å². The Morgan fingerprint density at radius 1 is 1.18 bits per heavy atom. The van der Waals surface area contributed by atoms with Crippen LogP contribution in [0.1, 0.15) is 39.0 Å². The Morgan fingerprint density at radius 3 is 2.54 bits per heavy atom. The number of amides is 1. The average molecular weight is 405 g/mol. The summed E-state index contributed by atoms with van der Waals surface area (Å²) in [5.41, 5.74) is 3.29. The lowest BCUT2D eigenvalue weighted by Crippen LogP contribution is -2.29. The number of hydrogen-bond acceptors (Lipinski definition) is 3. The van der Waals surface area contributed by atoms with E-state index in [1.807, 2.05) is 6.07 Å². The van der Waals surface area contributed by atoms with E-state index in [4.69, 9.17) is 5.14 Å². The maximum atomic E-state index is 13.4. The zero-order valence-corrected chi connectivity index (χ0v) is 17.1. The summed E-state index contributed by atoms with van der Waals surface area (Å²) in [6, 6.07) is 8.20. The SMILES string of the molecule is Cc1cc(CC2CCN(C(=O)c3cc(C)c(C)c(S(N)(=O)=O)c3)C2)ccc1F. The Labute approximate surface area is 165 Å². The van der Waals surface area contributed by atoms with Crippen LogP contribution in [0.15, 0.2) is 35.2 Å². The van der Waals surface area contributed by atoms with Crippen molar-refractivity contribution in [3.05, 3.63) is 64.0 Å². The second-order valence-corrected chi connectivity index (χ2v) is 9.18. The number of carbonyl (C=O) groups excluding carboxylic acids is 1. The van der Waals surface area contributed by atoms with Gasteiger partial charge >= 0.3 is 0 Å². The van der Waals surface area contributed by atoms with E-state index in [0.29, 0.717) is 35.3 Å². The van der Waals surface area contributed by atoms with Gasteiger partial charge in [-0.3, -0.25) is 4.79 Å². The van der Waals surface area contributed by atoms with Crippen molar-refractivity contribution in [3.63, 3.8) is 0 Å². The van der Waals surface area contributed by atoms with E-state index >= 15 is 0 Å². The van der Waals surface area contributed by atoms with Gasteiger partial charge in [0.2, 0.25) is 10.0 Å². The number of rotatable bonds is 4. The normalized spacial score (nSPS) is 17.2. The molecule has 1 saturated heterocycles. The maximum Gasteiger partial charge on any atom is 0.253 e.